The quantitative estimate of drug-likeness (QED) is 0.330. The summed E-state index contributed by atoms with van der Waals surface area (Å²) in [5, 5.41) is 58.8. The zero-order chi connectivity index (χ0) is 15.8. The Bertz CT molecular complexity index is 450. The van der Waals surface area contributed by atoms with Crippen molar-refractivity contribution in [1.29, 1.82) is 5.26 Å². The van der Waals surface area contributed by atoms with Crippen LogP contribution in [0.25, 0.3) is 0 Å². The smallest absolute Gasteiger partial charge is 0.124 e. The molecule has 0 aliphatic carbocycles. The van der Waals surface area contributed by atoms with Crippen LogP contribution in [0.15, 0.2) is 30.3 Å². The monoisotopic (exact) mass is 296 g/mol. The van der Waals surface area contributed by atoms with E-state index in [0.29, 0.717) is 6.54 Å². The highest BCUT2D eigenvalue weighted by Crippen LogP contribution is 2.09. The van der Waals surface area contributed by atoms with Crippen LogP contribution in [0.1, 0.15) is 5.56 Å². The van der Waals surface area contributed by atoms with Crippen molar-refractivity contribution in [3.8, 4) is 6.07 Å². The van der Waals surface area contributed by atoms with Gasteiger partial charge in [0.2, 0.25) is 0 Å². The lowest BCUT2D eigenvalue weighted by Crippen LogP contribution is -2.53. The molecule has 5 atom stereocenters. The molecule has 0 saturated heterocycles. The van der Waals surface area contributed by atoms with Gasteiger partial charge in [0.05, 0.1) is 12.7 Å². The van der Waals surface area contributed by atoms with Crippen LogP contribution >= 0.6 is 0 Å². The molecule has 0 bridgehead atoms. The van der Waals surface area contributed by atoms with Crippen molar-refractivity contribution < 1.29 is 25.5 Å². The van der Waals surface area contributed by atoms with Crippen molar-refractivity contribution in [2.75, 3.05) is 6.61 Å². The second-order valence-electron chi connectivity index (χ2n) is 4.69. The van der Waals surface area contributed by atoms with Gasteiger partial charge in [0.1, 0.15) is 30.5 Å². The highest BCUT2D eigenvalue weighted by molar-refractivity contribution is 5.15. The molecule has 0 unspecified atom stereocenters. The average molecular weight is 296 g/mol. The Morgan fingerprint density at radius 3 is 2.14 bits per heavy atom. The lowest BCUT2D eigenvalue weighted by Gasteiger charge is -2.28. The van der Waals surface area contributed by atoms with Crippen molar-refractivity contribution >= 4 is 0 Å². The van der Waals surface area contributed by atoms with E-state index in [4.69, 9.17) is 10.4 Å². The summed E-state index contributed by atoms with van der Waals surface area (Å²) in [6.07, 6.45) is -6.72. The van der Waals surface area contributed by atoms with Gasteiger partial charge in [-0.1, -0.05) is 30.3 Å². The molecule has 0 aliphatic heterocycles. The van der Waals surface area contributed by atoms with Crippen LogP contribution in [-0.2, 0) is 6.54 Å². The van der Waals surface area contributed by atoms with Crippen molar-refractivity contribution in [3.63, 3.8) is 0 Å². The molecule has 21 heavy (non-hydrogen) atoms. The molecule has 0 aliphatic rings. The average Bonchev–Trinajstić information content (AvgIpc) is 2.53. The van der Waals surface area contributed by atoms with Gasteiger partial charge in [-0.3, -0.25) is 5.32 Å². The van der Waals surface area contributed by atoms with Crippen molar-refractivity contribution in [3.05, 3.63) is 35.9 Å². The Balaban J connectivity index is 2.60. The maximum atomic E-state index is 9.88. The first-order valence-electron chi connectivity index (χ1n) is 6.51. The Kier molecular flexibility index (Phi) is 7.25. The minimum atomic E-state index is -1.76. The third-order valence-corrected chi connectivity index (χ3v) is 3.13. The highest BCUT2D eigenvalue weighted by atomic mass is 16.4. The molecule has 7 heteroatoms. The Morgan fingerprint density at radius 2 is 1.62 bits per heavy atom. The normalized spacial score (nSPS) is 18.3. The van der Waals surface area contributed by atoms with E-state index in [2.05, 4.69) is 5.32 Å². The number of nitrogens with one attached hydrogen (secondary N) is 1. The van der Waals surface area contributed by atoms with Crippen LogP contribution in [-0.4, -0.2) is 62.6 Å². The maximum absolute atomic E-state index is 9.88. The molecule has 0 radical (unpaired) electrons. The van der Waals surface area contributed by atoms with E-state index >= 15 is 0 Å². The summed E-state index contributed by atoms with van der Waals surface area (Å²) in [6, 6.07) is 9.80. The lowest BCUT2D eigenvalue weighted by atomic mass is 9.98. The van der Waals surface area contributed by atoms with Gasteiger partial charge in [-0.05, 0) is 5.56 Å². The largest absolute Gasteiger partial charge is 0.394 e. The molecular weight excluding hydrogens is 276 g/mol. The summed E-state index contributed by atoms with van der Waals surface area (Å²) in [5.74, 6) is 0. The number of hydrogen-bond donors (Lipinski definition) is 6. The Morgan fingerprint density at radius 1 is 1.00 bits per heavy atom. The van der Waals surface area contributed by atoms with Crippen molar-refractivity contribution in [1.82, 2.24) is 5.32 Å². The summed E-state index contributed by atoms with van der Waals surface area (Å²) in [6.45, 7) is -0.471. The van der Waals surface area contributed by atoms with Gasteiger partial charge in [0, 0.05) is 6.54 Å². The van der Waals surface area contributed by atoms with E-state index in [1.54, 1.807) is 6.07 Å². The molecule has 1 rings (SSSR count). The third kappa shape index (κ3) is 5.06. The van der Waals surface area contributed by atoms with Crippen LogP contribution in [0.4, 0.5) is 0 Å². The van der Waals surface area contributed by atoms with Gasteiger partial charge in [-0.15, -0.1) is 0 Å². The Hall–Kier alpha value is -1.53. The van der Waals surface area contributed by atoms with Gasteiger partial charge >= 0.3 is 0 Å². The summed E-state index contributed by atoms with van der Waals surface area (Å²) in [5.41, 5.74) is 0.885. The fourth-order valence-electron chi connectivity index (χ4n) is 1.80. The van der Waals surface area contributed by atoms with Gasteiger partial charge in [-0.25, -0.2) is 0 Å². The zero-order valence-electron chi connectivity index (χ0n) is 11.4. The van der Waals surface area contributed by atoms with E-state index in [-0.39, 0.29) is 0 Å². The topological polar surface area (TPSA) is 137 Å². The number of aliphatic hydroxyl groups excluding tert-OH is 5. The summed E-state index contributed by atoms with van der Waals surface area (Å²) in [7, 11) is 0. The summed E-state index contributed by atoms with van der Waals surface area (Å²) in [4.78, 5) is 0. The molecule has 116 valence electrons. The van der Waals surface area contributed by atoms with Crippen molar-refractivity contribution in [2.45, 2.75) is 37.0 Å². The molecule has 0 spiro atoms. The lowest BCUT2D eigenvalue weighted by molar-refractivity contribution is -0.118. The first kappa shape index (κ1) is 17.5. The molecule has 1 aromatic carbocycles. The van der Waals surface area contributed by atoms with E-state index in [9.17, 15) is 20.4 Å². The zero-order valence-corrected chi connectivity index (χ0v) is 11.4. The highest BCUT2D eigenvalue weighted by Gasteiger charge is 2.34. The van der Waals surface area contributed by atoms with Crippen LogP contribution in [0.3, 0.4) is 0 Å². The van der Waals surface area contributed by atoms with Gasteiger partial charge in [-0.2, -0.15) is 5.26 Å². The maximum Gasteiger partial charge on any atom is 0.124 e. The number of nitriles is 1. The van der Waals surface area contributed by atoms with E-state index in [0.717, 1.165) is 5.56 Å². The van der Waals surface area contributed by atoms with Crippen molar-refractivity contribution in [2.24, 2.45) is 0 Å². The molecule has 0 aromatic heterocycles. The predicted octanol–water partition coefficient (Wildman–Crippen LogP) is -1.90. The predicted molar refractivity (Wildman–Crippen MR) is 73.8 cm³/mol. The minimum absolute atomic E-state index is 0.293. The number of benzene rings is 1. The van der Waals surface area contributed by atoms with Crippen LogP contribution in [0.5, 0.6) is 0 Å². The van der Waals surface area contributed by atoms with Gasteiger partial charge < -0.3 is 25.5 Å². The first-order chi connectivity index (χ1) is 10.0. The number of rotatable bonds is 8. The first-order valence-corrected chi connectivity index (χ1v) is 6.51. The van der Waals surface area contributed by atoms with Gasteiger partial charge in [0.15, 0.2) is 0 Å². The fourth-order valence-corrected chi connectivity index (χ4v) is 1.80. The molecule has 0 amide bonds. The summed E-state index contributed by atoms with van der Waals surface area (Å²) >= 11 is 0. The van der Waals surface area contributed by atoms with Crippen LogP contribution < -0.4 is 5.32 Å². The van der Waals surface area contributed by atoms with E-state index in [1.165, 1.54) is 0 Å². The molecular formula is C14H20N2O5. The fraction of sp³-hybridized carbons (Fsp3) is 0.500. The standard InChI is InChI=1S/C14H20N2O5/c15-6-10(16-7-9-4-2-1-3-5-9)12(19)14(21)13(20)11(18)8-17/h1-5,10-14,16-21H,7-8H2/t10-,11-,12+,13-,14+/m1/s1. The summed E-state index contributed by atoms with van der Waals surface area (Å²) < 4.78 is 0. The SMILES string of the molecule is N#C[C@@H](NCc1ccccc1)[C@H](O)[C@H](O)[C@H](O)[C@H](O)CO. The van der Waals surface area contributed by atoms with Gasteiger partial charge in [0.25, 0.3) is 0 Å². The van der Waals surface area contributed by atoms with Crippen LogP contribution in [0, 0.1) is 11.3 Å². The number of aliphatic hydroxyl groups is 5. The minimum Gasteiger partial charge on any atom is -0.394 e. The number of nitrogens with zero attached hydrogens (tertiary/aromatic N) is 1. The molecule has 0 heterocycles. The van der Waals surface area contributed by atoms with E-state index < -0.39 is 37.1 Å². The second kappa shape index (κ2) is 8.69. The van der Waals surface area contributed by atoms with Crippen LogP contribution in [0.2, 0.25) is 0 Å². The molecule has 1 aromatic rings. The molecule has 6 N–H and O–H groups in total. The second-order valence-corrected chi connectivity index (χ2v) is 4.69. The third-order valence-electron chi connectivity index (χ3n) is 3.13. The Labute approximate surface area is 122 Å². The molecule has 0 saturated carbocycles. The number of hydrogen-bond acceptors (Lipinski definition) is 7. The van der Waals surface area contributed by atoms with E-state index in [1.807, 2.05) is 30.3 Å². The molecule has 7 nitrogen and oxygen atoms in total. The molecule has 0 fully saturated rings.